The van der Waals surface area contributed by atoms with E-state index in [9.17, 15) is 8.42 Å². The fourth-order valence-corrected chi connectivity index (χ4v) is 2.90. The molecule has 0 bridgehead atoms. The Balaban J connectivity index is 2.48. The molecule has 0 fully saturated rings. The van der Waals surface area contributed by atoms with Crippen molar-refractivity contribution in [2.24, 2.45) is 0 Å². The number of fused-ring (bicyclic) bond motifs is 1. The van der Waals surface area contributed by atoms with Gasteiger partial charge in [0, 0.05) is 0 Å². The van der Waals surface area contributed by atoms with Crippen LogP contribution >= 0.6 is 0 Å². The summed E-state index contributed by atoms with van der Waals surface area (Å²) in [7, 11) is -1.82. The van der Waals surface area contributed by atoms with E-state index >= 15 is 0 Å². The Morgan fingerprint density at radius 2 is 1.94 bits per heavy atom. The molecule has 0 unspecified atom stereocenters. The van der Waals surface area contributed by atoms with Crippen LogP contribution in [0.15, 0.2) is 29.2 Å². The van der Waals surface area contributed by atoms with Gasteiger partial charge >= 0.3 is 0 Å². The standard InChI is InChI=1S/C12H15NO2S/c1-13-16(14,15)12-8-4-7-10-5-2-3-6-11(10)9-12/h2-3,5-6,9,13H,4,7-8H2,1H3. The zero-order valence-corrected chi connectivity index (χ0v) is 10.0. The first kappa shape index (κ1) is 11.4. The molecule has 86 valence electrons. The van der Waals surface area contributed by atoms with Crippen molar-refractivity contribution in [2.45, 2.75) is 19.3 Å². The molecule has 1 aromatic carbocycles. The molecule has 1 aromatic rings. The predicted octanol–water partition coefficient (Wildman–Crippen LogP) is 1.91. The van der Waals surface area contributed by atoms with E-state index in [-0.39, 0.29) is 0 Å². The van der Waals surface area contributed by atoms with E-state index in [2.05, 4.69) is 10.8 Å². The Morgan fingerprint density at radius 1 is 1.19 bits per heavy atom. The van der Waals surface area contributed by atoms with Crippen LogP contribution in [0, 0.1) is 0 Å². The molecule has 0 saturated heterocycles. The maximum absolute atomic E-state index is 11.7. The Labute approximate surface area is 96.2 Å². The van der Waals surface area contributed by atoms with Crippen LogP contribution in [0.25, 0.3) is 6.08 Å². The number of hydrogen-bond acceptors (Lipinski definition) is 2. The minimum absolute atomic E-state index is 0.486. The molecule has 0 aliphatic heterocycles. The van der Waals surface area contributed by atoms with E-state index in [1.807, 2.05) is 18.2 Å². The molecule has 0 spiro atoms. The molecule has 3 nitrogen and oxygen atoms in total. The van der Waals surface area contributed by atoms with E-state index in [1.54, 1.807) is 6.08 Å². The highest BCUT2D eigenvalue weighted by atomic mass is 32.2. The second kappa shape index (κ2) is 4.39. The zero-order valence-electron chi connectivity index (χ0n) is 9.23. The van der Waals surface area contributed by atoms with Gasteiger partial charge in [-0.1, -0.05) is 24.3 Å². The Hall–Kier alpha value is -1.13. The van der Waals surface area contributed by atoms with Crippen molar-refractivity contribution in [2.75, 3.05) is 7.05 Å². The fraction of sp³-hybridized carbons (Fsp3) is 0.333. The van der Waals surface area contributed by atoms with Crippen molar-refractivity contribution in [1.82, 2.24) is 4.72 Å². The lowest BCUT2D eigenvalue weighted by molar-refractivity contribution is 0.592. The summed E-state index contributed by atoms with van der Waals surface area (Å²) in [6.07, 6.45) is 4.21. The zero-order chi connectivity index (χ0) is 11.6. The van der Waals surface area contributed by atoms with Crippen molar-refractivity contribution in [1.29, 1.82) is 0 Å². The second-order valence-corrected chi connectivity index (χ2v) is 5.81. The highest BCUT2D eigenvalue weighted by molar-refractivity contribution is 7.93. The molecule has 0 atom stereocenters. The molecule has 1 N–H and O–H groups in total. The van der Waals surface area contributed by atoms with E-state index in [4.69, 9.17) is 0 Å². The quantitative estimate of drug-likeness (QED) is 0.854. The number of aryl methyl sites for hydroxylation is 1. The lowest BCUT2D eigenvalue weighted by Gasteiger charge is -2.04. The lowest BCUT2D eigenvalue weighted by Crippen LogP contribution is -2.20. The Morgan fingerprint density at radius 3 is 2.69 bits per heavy atom. The van der Waals surface area contributed by atoms with Crippen molar-refractivity contribution in [3.63, 3.8) is 0 Å². The molecule has 2 rings (SSSR count). The van der Waals surface area contributed by atoms with E-state index in [0.717, 1.165) is 18.4 Å². The van der Waals surface area contributed by atoms with Gasteiger partial charge in [0.1, 0.15) is 0 Å². The van der Waals surface area contributed by atoms with Gasteiger partial charge in [-0.15, -0.1) is 0 Å². The summed E-state index contributed by atoms with van der Waals surface area (Å²) in [5, 5.41) is 0. The SMILES string of the molecule is CNS(=O)(=O)C1=Cc2ccccc2CCC1. The van der Waals surface area contributed by atoms with Gasteiger partial charge < -0.3 is 0 Å². The van der Waals surface area contributed by atoms with E-state index in [1.165, 1.54) is 12.6 Å². The Kier molecular flexibility index (Phi) is 3.12. The van der Waals surface area contributed by atoms with Crippen LogP contribution < -0.4 is 4.72 Å². The van der Waals surface area contributed by atoms with E-state index < -0.39 is 10.0 Å². The normalized spacial score (nSPS) is 16.2. The summed E-state index contributed by atoms with van der Waals surface area (Å²) in [6.45, 7) is 0. The molecule has 0 saturated carbocycles. The molecule has 0 amide bonds. The molecule has 16 heavy (non-hydrogen) atoms. The number of allylic oxidation sites excluding steroid dienone is 1. The number of benzene rings is 1. The largest absolute Gasteiger partial charge is 0.236 e. The highest BCUT2D eigenvalue weighted by Gasteiger charge is 2.18. The third kappa shape index (κ3) is 2.18. The topological polar surface area (TPSA) is 46.2 Å². The summed E-state index contributed by atoms with van der Waals surface area (Å²) in [4.78, 5) is 0.486. The second-order valence-electron chi connectivity index (χ2n) is 3.87. The van der Waals surface area contributed by atoms with Crippen LogP contribution in [0.1, 0.15) is 24.0 Å². The maximum atomic E-state index is 11.7. The Bertz CT molecular complexity index is 518. The fourth-order valence-electron chi connectivity index (χ4n) is 1.94. The third-order valence-electron chi connectivity index (χ3n) is 2.85. The molecule has 0 radical (unpaired) electrons. The van der Waals surface area contributed by atoms with Crippen molar-refractivity contribution >= 4 is 16.1 Å². The maximum Gasteiger partial charge on any atom is 0.236 e. The number of nitrogens with one attached hydrogen (secondary N) is 1. The van der Waals surface area contributed by atoms with Crippen molar-refractivity contribution < 1.29 is 8.42 Å². The molecule has 4 heteroatoms. The van der Waals surface area contributed by atoms with Gasteiger partial charge in [-0.25, -0.2) is 13.1 Å². The molecule has 0 aromatic heterocycles. The summed E-state index contributed by atoms with van der Waals surface area (Å²) in [6, 6.07) is 7.95. The smallest absolute Gasteiger partial charge is 0.215 e. The predicted molar refractivity (Wildman–Crippen MR) is 65.3 cm³/mol. The first-order chi connectivity index (χ1) is 7.63. The first-order valence-electron chi connectivity index (χ1n) is 5.35. The van der Waals surface area contributed by atoms with Crippen LogP contribution in [0.3, 0.4) is 0 Å². The van der Waals surface area contributed by atoms with Gasteiger partial charge in [-0.05, 0) is 43.5 Å². The average molecular weight is 237 g/mol. The molecule has 1 aliphatic rings. The van der Waals surface area contributed by atoms with Crippen LogP contribution in [-0.2, 0) is 16.4 Å². The molecular weight excluding hydrogens is 222 g/mol. The molecule has 0 heterocycles. The highest BCUT2D eigenvalue weighted by Crippen LogP contribution is 2.25. The lowest BCUT2D eigenvalue weighted by atomic mass is 10.1. The third-order valence-corrected chi connectivity index (χ3v) is 4.40. The van der Waals surface area contributed by atoms with Gasteiger partial charge in [-0.2, -0.15) is 0 Å². The minimum Gasteiger partial charge on any atom is -0.215 e. The van der Waals surface area contributed by atoms with Gasteiger partial charge in [0.15, 0.2) is 0 Å². The minimum atomic E-state index is -3.28. The summed E-state index contributed by atoms with van der Waals surface area (Å²) < 4.78 is 25.8. The van der Waals surface area contributed by atoms with Crippen LogP contribution in [0.2, 0.25) is 0 Å². The summed E-state index contributed by atoms with van der Waals surface area (Å²) in [5.41, 5.74) is 2.25. The summed E-state index contributed by atoms with van der Waals surface area (Å²) >= 11 is 0. The van der Waals surface area contributed by atoms with Crippen molar-refractivity contribution in [3.8, 4) is 0 Å². The van der Waals surface area contributed by atoms with Crippen molar-refractivity contribution in [3.05, 3.63) is 40.3 Å². The summed E-state index contributed by atoms with van der Waals surface area (Å²) in [5.74, 6) is 0. The average Bonchev–Trinajstić information content (AvgIpc) is 2.51. The van der Waals surface area contributed by atoms with Gasteiger partial charge in [0.25, 0.3) is 0 Å². The number of hydrogen-bond donors (Lipinski definition) is 1. The number of rotatable bonds is 2. The molecule has 1 aliphatic carbocycles. The van der Waals surface area contributed by atoms with Gasteiger partial charge in [0.05, 0.1) is 4.91 Å². The van der Waals surface area contributed by atoms with Crippen LogP contribution in [0.4, 0.5) is 0 Å². The first-order valence-corrected chi connectivity index (χ1v) is 6.84. The van der Waals surface area contributed by atoms with E-state index in [0.29, 0.717) is 11.3 Å². The van der Waals surface area contributed by atoms with Gasteiger partial charge in [0.2, 0.25) is 10.0 Å². The van der Waals surface area contributed by atoms with Crippen LogP contribution in [0.5, 0.6) is 0 Å². The van der Waals surface area contributed by atoms with Crippen LogP contribution in [-0.4, -0.2) is 15.5 Å². The van der Waals surface area contributed by atoms with Gasteiger partial charge in [-0.3, -0.25) is 0 Å². The number of sulfonamides is 1. The molecular formula is C12H15NO2S. The monoisotopic (exact) mass is 237 g/mol.